The molecular weight excluding hydrogens is 523 g/mol. The SMILES string of the molecule is CC1(NC(=O)[C@@H]2CCC(C(=N)c3cc(OC(F)F)ccc3F)=C(NS(=O)(=O)C3CC3)C2)CS(=O)(=O)C1. The fraction of sp³-hybridized carbons (Fsp3) is 0.545. The van der Waals surface area contributed by atoms with Crippen LogP contribution < -0.4 is 14.8 Å². The van der Waals surface area contributed by atoms with Crippen LogP contribution >= 0.6 is 0 Å². The second-order valence-corrected chi connectivity index (χ2v) is 13.7. The maximum atomic E-state index is 14.6. The van der Waals surface area contributed by atoms with Gasteiger partial charge in [0.15, 0.2) is 9.84 Å². The highest BCUT2D eigenvalue weighted by molar-refractivity contribution is 7.93. The van der Waals surface area contributed by atoms with E-state index in [2.05, 4.69) is 14.8 Å². The third-order valence-corrected chi connectivity index (χ3v) is 10.4. The molecule has 3 N–H and O–H groups in total. The van der Waals surface area contributed by atoms with Crippen LogP contribution in [0.3, 0.4) is 0 Å². The molecule has 198 valence electrons. The van der Waals surface area contributed by atoms with Gasteiger partial charge < -0.3 is 10.1 Å². The molecule has 0 bridgehead atoms. The first-order chi connectivity index (χ1) is 16.7. The van der Waals surface area contributed by atoms with Crippen LogP contribution in [0.5, 0.6) is 5.75 Å². The first kappa shape index (κ1) is 26.5. The van der Waals surface area contributed by atoms with Crippen LogP contribution in [0.15, 0.2) is 29.5 Å². The van der Waals surface area contributed by atoms with Crippen LogP contribution in [0, 0.1) is 17.1 Å². The Balaban J connectivity index is 1.61. The van der Waals surface area contributed by atoms with E-state index < -0.39 is 60.6 Å². The molecule has 2 fully saturated rings. The summed E-state index contributed by atoms with van der Waals surface area (Å²) >= 11 is 0. The van der Waals surface area contributed by atoms with Crippen molar-refractivity contribution in [2.24, 2.45) is 5.92 Å². The largest absolute Gasteiger partial charge is 0.435 e. The molecule has 0 aromatic heterocycles. The number of sulfonamides is 1. The Morgan fingerprint density at radius 2 is 1.89 bits per heavy atom. The number of carbonyl (C=O) groups excluding carboxylic acids is 1. The Morgan fingerprint density at radius 3 is 2.47 bits per heavy atom. The van der Waals surface area contributed by atoms with Crippen molar-refractivity contribution in [2.45, 2.75) is 56.4 Å². The average molecular weight is 550 g/mol. The third-order valence-electron chi connectivity index (χ3n) is 6.39. The minimum atomic E-state index is -3.80. The van der Waals surface area contributed by atoms with E-state index in [1.807, 2.05) is 0 Å². The van der Waals surface area contributed by atoms with E-state index in [4.69, 9.17) is 5.41 Å². The maximum Gasteiger partial charge on any atom is 0.387 e. The number of nitrogens with one attached hydrogen (secondary N) is 3. The summed E-state index contributed by atoms with van der Waals surface area (Å²) in [5.41, 5.74) is -1.45. The Kier molecular flexibility index (Phi) is 6.88. The zero-order valence-electron chi connectivity index (χ0n) is 19.3. The van der Waals surface area contributed by atoms with E-state index in [1.54, 1.807) is 6.92 Å². The predicted molar refractivity (Wildman–Crippen MR) is 125 cm³/mol. The predicted octanol–water partition coefficient (Wildman–Crippen LogP) is 2.23. The summed E-state index contributed by atoms with van der Waals surface area (Å²) < 4.78 is 95.1. The van der Waals surface area contributed by atoms with Gasteiger partial charge in [-0.25, -0.2) is 21.2 Å². The first-order valence-electron chi connectivity index (χ1n) is 11.3. The van der Waals surface area contributed by atoms with Gasteiger partial charge in [-0.15, -0.1) is 0 Å². The number of benzene rings is 1. The standard InChI is InChI=1S/C22H26F3N3O6S2/c1-22(10-35(30,31)11-22)27-20(29)12-2-6-15(18(8-12)28-36(32,33)14-4-5-14)19(26)16-9-13(34-21(24)25)3-7-17(16)23/h3,7,9,12,14,21,26,28H,2,4-6,8,10-11H2,1H3,(H,27,29)/t12-/m1/s1. The van der Waals surface area contributed by atoms with Gasteiger partial charge in [-0.05, 0) is 56.4 Å². The molecular formula is C22H26F3N3O6S2. The van der Waals surface area contributed by atoms with Gasteiger partial charge in [-0.2, -0.15) is 8.78 Å². The van der Waals surface area contributed by atoms with Gasteiger partial charge in [-0.3, -0.25) is 14.9 Å². The smallest absolute Gasteiger partial charge is 0.387 e. The summed E-state index contributed by atoms with van der Waals surface area (Å²) in [5, 5.41) is 10.7. The Morgan fingerprint density at radius 1 is 1.22 bits per heavy atom. The highest BCUT2D eigenvalue weighted by atomic mass is 32.2. The summed E-state index contributed by atoms with van der Waals surface area (Å²) in [6.07, 6.45) is 1.05. The molecule has 2 aliphatic carbocycles. The Bertz CT molecular complexity index is 1330. The van der Waals surface area contributed by atoms with Crippen molar-refractivity contribution in [1.29, 1.82) is 5.41 Å². The topological polar surface area (TPSA) is 142 Å². The van der Waals surface area contributed by atoms with Crippen molar-refractivity contribution in [1.82, 2.24) is 10.0 Å². The van der Waals surface area contributed by atoms with Gasteiger partial charge in [0.25, 0.3) is 0 Å². The molecule has 1 saturated heterocycles. The fourth-order valence-electron chi connectivity index (χ4n) is 4.61. The molecule has 1 aromatic rings. The van der Waals surface area contributed by atoms with Gasteiger partial charge in [0.1, 0.15) is 11.6 Å². The quantitative estimate of drug-likeness (QED) is 0.403. The van der Waals surface area contributed by atoms with E-state index in [1.165, 1.54) is 0 Å². The number of halogens is 3. The van der Waals surface area contributed by atoms with Crippen LogP contribution in [0.25, 0.3) is 0 Å². The first-order valence-corrected chi connectivity index (χ1v) is 14.6. The third kappa shape index (κ3) is 5.85. The number of ether oxygens (including phenoxy) is 1. The van der Waals surface area contributed by atoms with Gasteiger partial charge in [0.05, 0.1) is 28.0 Å². The lowest BCUT2D eigenvalue weighted by atomic mass is 9.83. The molecule has 0 radical (unpaired) electrons. The number of sulfone groups is 1. The Hall–Kier alpha value is -2.61. The number of hydrogen-bond donors (Lipinski definition) is 3. The molecule has 1 aliphatic heterocycles. The highest BCUT2D eigenvalue weighted by Crippen LogP contribution is 2.35. The summed E-state index contributed by atoms with van der Waals surface area (Å²) in [4.78, 5) is 12.9. The number of allylic oxidation sites excluding steroid dienone is 2. The molecule has 1 saturated carbocycles. The molecule has 1 atom stereocenters. The van der Waals surface area contributed by atoms with E-state index in [-0.39, 0.29) is 53.4 Å². The maximum absolute atomic E-state index is 14.6. The average Bonchev–Trinajstić information content (AvgIpc) is 3.58. The zero-order valence-corrected chi connectivity index (χ0v) is 20.9. The minimum Gasteiger partial charge on any atom is -0.435 e. The lowest BCUT2D eigenvalue weighted by molar-refractivity contribution is -0.126. The molecule has 0 unspecified atom stereocenters. The lowest BCUT2D eigenvalue weighted by Gasteiger charge is -2.40. The molecule has 1 heterocycles. The van der Waals surface area contributed by atoms with Crippen LogP contribution in [0.1, 0.15) is 44.6 Å². The van der Waals surface area contributed by atoms with Crippen molar-refractivity contribution in [3.63, 3.8) is 0 Å². The molecule has 36 heavy (non-hydrogen) atoms. The highest BCUT2D eigenvalue weighted by Gasteiger charge is 2.47. The van der Waals surface area contributed by atoms with Gasteiger partial charge in [0.2, 0.25) is 15.9 Å². The zero-order chi connectivity index (χ0) is 26.5. The minimum absolute atomic E-state index is 0.0355. The molecule has 14 heteroatoms. The van der Waals surface area contributed by atoms with E-state index in [0.717, 1.165) is 18.2 Å². The lowest BCUT2D eigenvalue weighted by Crippen LogP contribution is -2.64. The molecule has 3 aliphatic rings. The van der Waals surface area contributed by atoms with E-state index in [9.17, 15) is 34.8 Å². The van der Waals surface area contributed by atoms with Gasteiger partial charge in [0, 0.05) is 23.6 Å². The van der Waals surface area contributed by atoms with Crippen LogP contribution in [-0.2, 0) is 24.7 Å². The second kappa shape index (κ2) is 9.36. The van der Waals surface area contributed by atoms with Crippen molar-refractivity contribution in [3.05, 3.63) is 40.8 Å². The van der Waals surface area contributed by atoms with Gasteiger partial charge >= 0.3 is 6.61 Å². The number of rotatable bonds is 9. The number of alkyl halides is 2. The van der Waals surface area contributed by atoms with Crippen molar-refractivity contribution in [2.75, 3.05) is 11.5 Å². The summed E-state index contributed by atoms with van der Waals surface area (Å²) in [6.45, 7) is -1.54. The molecule has 0 spiro atoms. The van der Waals surface area contributed by atoms with E-state index >= 15 is 0 Å². The van der Waals surface area contributed by atoms with Crippen molar-refractivity contribution >= 4 is 31.5 Å². The normalized spacial score (nSPS) is 23.1. The molecule has 4 rings (SSSR count). The van der Waals surface area contributed by atoms with Crippen LogP contribution in [-0.4, -0.2) is 57.4 Å². The van der Waals surface area contributed by atoms with Crippen LogP contribution in [0.4, 0.5) is 13.2 Å². The summed E-state index contributed by atoms with van der Waals surface area (Å²) in [7, 11) is -7.00. The van der Waals surface area contributed by atoms with Crippen LogP contribution in [0.2, 0.25) is 0 Å². The summed E-state index contributed by atoms with van der Waals surface area (Å²) in [6, 6.07) is 2.81. The molecule has 1 amide bonds. The van der Waals surface area contributed by atoms with Gasteiger partial charge in [-0.1, -0.05) is 0 Å². The number of carbonyl (C=O) groups is 1. The van der Waals surface area contributed by atoms with Crippen molar-refractivity contribution in [3.8, 4) is 5.75 Å². The second-order valence-electron chi connectivity index (χ2n) is 9.72. The monoisotopic (exact) mass is 549 g/mol. The summed E-state index contributed by atoms with van der Waals surface area (Å²) in [5.74, 6) is -2.78. The molecule has 1 aromatic carbocycles. The Labute approximate surface area is 207 Å². The van der Waals surface area contributed by atoms with Crippen molar-refractivity contribution < 1.29 is 39.5 Å². The number of hydrogen-bond acceptors (Lipinski definition) is 7. The number of amides is 1. The molecule has 9 nitrogen and oxygen atoms in total. The fourth-order valence-corrected chi connectivity index (χ4v) is 8.09. The van der Waals surface area contributed by atoms with E-state index in [0.29, 0.717) is 12.8 Å².